The van der Waals surface area contributed by atoms with Crippen molar-refractivity contribution in [1.29, 1.82) is 0 Å². The number of benzene rings is 1. The zero-order valence-corrected chi connectivity index (χ0v) is 7.30. The fourth-order valence-electron chi connectivity index (χ4n) is 1.09. The van der Waals surface area contributed by atoms with Gasteiger partial charge >= 0.3 is 0 Å². The lowest BCUT2D eigenvalue weighted by atomic mass is 10.1. The van der Waals surface area contributed by atoms with E-state index in [4.69, 9.17) is 5.53 Å². The number of carbonyl (C=O) groups is 1. The van der Waals surface area contributed by atoms with Gasteiger partial charge in [0.1, 0.15) is 12.1 Å². The van der Waals surface area contributed by atoms with Crippen molar-refractivity contribution in [2.45, 2.75) is 12.5 Å². The highest BCUT2D eigenvalue weighted by atomic mass is 19.1. The second-order valence-electron chi connectivity index (χ2n) is 2.67. The Kier molecular flexibility index (Phi) is 3.64. The first-order valence-electron chi connectivity index (χ1n) is 4.01. The molecule has 0 aliphatic rings. The van der Waals surface area contributed by atoms with Gasteiger partial charge in [-0.25, -0.2) is 4.39 Å². The van der Waals surface area contributed by atoms with E-state index < -0.39 is 6.04 Å². The Labute approximate surface area is 80.0 Å². The Bertz CT molecular complexity index is 357. The van der Waals surface area contributed by atoms with Crippen molar-refractivity contribution >= 4 is 6.29 Å². The molecule has 0 fully saturated rings. The summed E-state index contributed by atoms with van der Waals surface area (Å²) in [6.45, 7) is 0. The van der Waals surface area contributed by atoms with Crippen molar-refractivity contribution in [2.24, 2.45) is 5.11 Å². The minimum atomic E-state index is -0.543. The van der Waals surface area contributed by atoms with E-state index in [9.17, 15) is 9.18 Å². The Morgan fingerprint density at radius 2 is 2.14 bits per heavy atom. The van der Waals surface area contributed by atoms with E-state index >= 15 is 0 Å². The van der Waals surface area contributed by atoms with Gasteiger partial charge in [0.05, 0.1) is 6.04 Å². The SMILES string of the molecule is [N-]=[N+]=N[C@@H](CC=O)c1ccc(F)cc1. The molecule has 0 amide bonds. The number of nitrogens with zero attached hydrogens (tertiary/aromatic N) is 3. The Hall–Kier alpha value is -1.87. The van der Waals surface area contributed by atoms with Gasteiger partial charge in [0.2, 0.25) is 0 Å². The van der Waals surface area contributed by atoms with Crippen molar-refractivity contribution < 1.29 is 9.18 Å². The largest absolute Gasteiger partial charge is 0.303 e. The molecule has 0 bridgehead atoms. The summed E-state index contributed by atoms with van der Waals surface area (Å²) in [5.74, 6) is -0.362. The predicted octanol–water partition coefficient (Wildman–Crippen LogP) is 2.77. The third-order valence-corrected chi connectivity index (χ3v) is 1.77. The summed E-state index contributed by atoms with van der Waals surface area (Å²) in [5.41, 5.74) is 8.88. The second-order valence-corrected chi connectivity index (χ2v) is 2.67. The normalized spacial score (nSPS) is 11.5. The van der Waals surface area contributed by atoms with Gasteiger partial charge in [0.15, 0.2) is 0 Å². The average molecular weight is 193 g/mol. The predicted molar refractivity (Wildman–Crippen MR) is 49.0 cm³/mol. The minimum absolute atomic E-state index is 0.107. The van der Waals surface area contributed by atoms with Gasteiger partial charge in [-0.15, -0.1) is 0 Å². The molecule has 0 radical (unpaired) electrons. The van der Waals surface area contributed by atoms with Crippen LogP contribution >= 0.6 is 0 Å². The summed E-state index contributed by atoms with van der Waals surface area (Å²) in [6.07, 6.45) is 0.776. The molecule has 1 aromatic rings. The molecule has 1 rings (SSSR count). The monoisotopic (exact) mass is 193 g/mol. The lowest BCUT2D eigenvalue weighted by molar-refractivity contribution is -0.108. The van der Waals surface area contributed by atoms with Gasteiger partial charge in [-0.2, -0.15) is 0 Å². The number of aldehydes is 1. The summed E-state index contributed by atoms with van der Waals surface area (Å²) < 4.78 is 12.5. The first-order valence-corrected chi connectivity index (χ1v) is 4.01. The molecule has 0 spiro atoms. The van der Waals surface area contributed by atoms with Crippen LogP contribution in [0.4, 0.5) is 4.39 Å². The van der Waals surface area contributed by atoms with E-state index in [0.29, 0.717) is 11.8 Å². The summed E-state index contributed by atoms with van der Waals surface area (Å²) in [5, 5.41) is 3.44. The molecule has 0 saturated heterocycles. The maximum absolute atomic E-state index is 12.5. The van der Waals surface area contributed by atoms with Gasteiger partial charge in [-0.05, 0) is 23.2 Å². The number of rotatable bonds is 4. The molecular weight excluding hydrogens is 185 g/mol. The maximum atomic E-state index is 12.5. The van der Waals surface area contributed by atoms with Gasteiger partial charge < -0.3 is 4.79 Å². The third-order valence-electron chi connectivity index (χ3n) is 1.77. The van der Waals surface area contributed by atoms with Gasteiger partial charge in [0, 0.05) is 11.3 Å². The van der Waals surface area contributed by atoms with Crippen molar-refractivity contribution in [1.82, 2.24) is 0 Å². The molecule has 72 valence electrons. The van der Waals surface area contributed by atoms with Crippen LogP contribution in [0.3, 0.4) is 0 Å². The average Bonchev–Trinajstić information content (AvgIpc) is 2.19. The molecule has 4 nitrogen and oxygen atoms in total. The molecule has 14 heavy (non-hydrogen) atoms. The standard InChI is InChI=1S/C9H8FN3O/c10-8-3-1-7(2-4-8)9(5-6-14)12-13-11/h1-4,6,9H,5H2/t9-/m0/s1. The van der Waals surface area contributed by atoms with Crippen molar-refractivity contribution in [3.63, 3.8) is 0 Å². The van der Waals surface area contributed by atoms with Crippen molar-refractivity contribution in [3.8, 4) is 0 Å². The molecule has 0 heterocycles. The van der Waals surface area contributed by atoms with Crippen LogP contribution in [0, 0.1) is 5.82 Å². The van der Waals surface area contributed by atoms with E-state index in [1.807, 2.05) is 0 Å². The molecule has 5 heteroatoms. The van der Waals surface area contributed by atoms with Crippen LogP contribution in [0.5, 0.6) is 0 Å². The Balaban J connectivity index is 2.92. The van der Waals surface area contributed by atoms with Crippen molar-refractivity contribution in [3.05, 3.63) is 46.1 Å². The van der Waals surface area contributed by atoms with Crippen LogP contribution in [-0.4, -0.2) is 6.29 Å². The van der Waals surface area contributed by atoms with Crippen LogP contribution in [0.2, 0.25) is 0 Å². The molecule has 1 atom stereocenters. The highest BCUT2D eigenvalue weighted by Gasteiger charge is 2.08. The van der Waals surface area contributed by atoms with Gasteiger partial charge in [0.25, 0.3) is 0 Å². The molecule has 0 saturated carbocycles. The van der Waals surface area contributed by atoms with Gasteiger partial charge in [-0.1, -0.05) is 17.2 Å². The number of azide groups is 1. The van der Waals surface area contributed by atoms with Crippen LogP contribution < -0.4 is 0 Å². The highest BCUT2D eigenvalue weighted by molar-refractivity contribution is 5.51. The maximum Gasteiger partial charge on any atom is 0.123 e. The molecule has 1 aromatic carbocycles. The lowest BCUT2D eigenvalue weighted by Gasteiger charge is -2.06. The zero-order valence-electron chi connectivity index (χ0n) is 7.30. The summed E-state index contributed by atoms with van der Waals surface area (Å²) >= 11 is 0. The van der Waals surface area contributed by atoms with Crippen LogP contribution in [0.1, 0.15) is 18.0 Å². The summed E-state index contributed by atoms with van der Waals surface area (Å²) in [7, 11) is 0. The van der Waals surface area contributed by atoms with E-state index in [2.05, 4.69) is 10.0 Å². The van der Waals surface area contributed by atoms with Crippen LogP contribution in [-0.2, 0) is 4.79 Å². The van der Waals surface area contributed by atoms with E-state index in [0.717, 1.165) is 0 Å². The Morgan fingerprint density at radius 1 is 1.50 bits per heavy atom. The quantitative estimate of drug-likeness (QED) is 0.314. The van der Waals surface area contributed by atoms with E-state index in [1.54, 1.807) is 0 Å². The smallest absolute Gasteiger partial charge is 0.123 e. The number of hydrogen-bond donors (Lipinski definition) is 0. The molecule has 0 unspecified atom stereocenters. The third kappa shape index (κ3) is 2.57. The first kappa shape index (κ1) is 10.2. The van der Waals surface area contributed by atoms with E-state index in [-0.39, 0.29) is 12.2 Å². The highest BCUT2D eigenvalue weighted by Crippen LogP contribution is 2.20. The fraction of sp³-hybridized carbons (Fsp3) is 0.222. The number of carbonyl (C=O) groups excluding carboxylic acids is 1. The number of halogens is 1. The summed E-state index contributed by atoms with van der Waals surface area (Å²) in [6, 6.07) is 4.98. The fourth-order valence-corrected chi connectivity index (χ4v) is 1.09. The second kappa shape index (κ2) is 4.99. The molecule has 0 aliphatic carbocycles. The van der Waals surface area contributed by atoms with Crippen LogP contribution in [0.25, 0.3) is 10.4 Å². The molecule has 0 N–H and O–H groups in total. The van der Waals surface area contributed by atoms with Crippen molar-refractivity contribution in [2.75, 3.05) is 0 Å². The molecule has 0 aromatic heterocycles. The zero-order chi connectivity index (χ0) is 10.4. The first-order chi connectivity index (χ1) is 6.77. The molecule has 0 aliphatic heterocycles. The molecular formula is C9H8FN3O. The number of hydrogen-bond acceptors (Lipinski definition) is 2. The van der Waals surface area contributed by atoms with Crippen LogP contribution in [0.15, 0.2) is 29.4 Å². The Morgan fingerprint density at radius 3 is 2.64 bits per heavy atom. The lowest BCUT2D eigenvalue weighted by Crippen LogP contribution is -1.95. The topological polar surface area (TPSA) is 65.8 Å². The minimum Gasteiger partial charge on any atom is -0.303 e. The van der Waals surface area contributed by atoms with E-state index in [1.165, 1.54) is 24.3 Å². The summed E-state index contributed by atoms with van der Waals surface area (Å²) in [4.78, 5) is 12.9. The van der Waals surface area contributed by atoms with Gasteiger partial charge in [-0.3, -0.25) is 0 Å².